The lowest BCUT2D eigenvalue weighted by Crippen LogP contribution is -2.63. The molecule has 1 saturated heterocycles. The summed E-state index contributed by atoms with van der Waals surface area (Å²) in [6.45, 7) is 5.01. The maximum absolute atomic E-state index is 11.6. The van der Waals surface area contributed by atoms with Gasteiger partial charge in [-0.2, -0.15) is 0 Å². The molecule has 1 aliphatic heterocycles. The van der Waals surface area contributed by atoms with E-state index in [9.17, 15) is 19.5 Å². The number of hydrogen-bond donors (Lipinski definition) is 1. The van der Waals surface area contributed by atoms with Crippen LogP contribution < -0.4 is 0 Å². The Labute approximate surface area is 110 Å². The summed E-state index contributed by atoms with van der Waals surface area (Å²) < 4.78 is 15.1. The summed E-state index contributed by atoms with van der Waals surface area (Å²) >= 11 is 0. The highest BCUT2D eigenvalue weighted by Gasteiger charge is 2.54. The van der Waals surface area contributed by atoms with E-state index >= 15 is 0 Å². The molecule has 0 unspecified atom stereocenters. The van der Waals surface area contributed by atoms with Gasteiger partial charge in [0.1, 0.15) is 6.10 Å². The van der Waals surface area contributed by atoms with Crippen molar-refractivity contribution in [3.63, 3.8) is 0 Å². The van der Waals surface area contributed by atoms with Gasteiger partial charge in [0.2, 0.25) is 6.29 Å². The summed E-state index contributed by atoms with van der Waals surface area (Å²) in [7, 11) is 0. The van der Waals surface area contributed by atoms with Crippen LogP contribution in [0, 0.1) is 0 Å². The minimum absolute atomic E-state index is 0.0976. The molecule has 0 spiro atoms. The second kappa shape index (κ2) is 5.66. The van der Waals surface area contributed by atoms with E-state index in [1.807, 2.05) is 0 Å². The van der Waals surface area contributed by atoms with Crippen LogP contribution in [-0.2, 0) is 28.6 Å². The zero-order chi connectivity index (χ0) is 14.8. The molecule has 1 N–H and O–H groups in total. The highest BCUT2D eigenvalue weighted by molar-refractivity contribution is 5.86. The van der Waals surface area contributed by atoms with Crippen molar-refractivity contribution in [1.29, 1.82) is 0 Å². The fourth-order valence-corrected chi connectivity index (χ4v) is 2.12. The second-order valence-corrected chi connectivity index (χ2v) is 4.53. The van der Waals surface area contributed by atoms with Gasteiger partial charge in [0.15, 0.2) is 11.4 Å². The van der Waals surface area contributed by atoms with E-state index < -0.39 is 41.8 Å². The van der Waals surface area contributed by atoms with E-state index in [1.165, 1.54) is 27.7 Å². The first kappa shape index (κ1) is 15.6. The lowest BCUT2D eigenvalue weighted by Gasteiger charge is -2.43. The van der Waals surface area contributed by atoms with Crippen molar-refractivity contribution < 1.29 is 33.7 Å². The Bertz CT molecular complexity index is 392. The fraction of sp³-hybridized carbons (Fsp3) is 0.750. The average Bonchev–Trinajstić information content (AvgIpc) is 2.23. The van der Waals surface area contributed by atoms with Gasteiger partial charge in [-0.15, -0.1) is 0 Å². The van der Waals surface area contributed by atoms with E-state index in [0.717, 1.165) is 0 Å². The topological polar surface area (TPSA) is 99.1 Å². The lowest BCUT2D eigenvalue weighted by atomic mass is 9.83. The third-order valence-electron chi connectivity index (χ3n) is 3.04. The molecule has 19 heavy (non-hydrogen) atoms. The van der Waals surface area contributed by atoms with Gasteiger partial charge in [0.25, 0.3) is 0 Å². The quantitative estimate of drug-likeness (QED) is 0.719. The maximum atomic E-state index is 11.6. The summed E-state index contributed by atoms with van der Waals surface area (Å²) in [5, 5.41) is 10.4. The van der Waals surface area contributed by atoms with Gasteiger partial charge in [-0.3, -0.25) is 14.4 Å². The van der Waals surface area contributed by atoms with E-state index in [2.05, 4.69) is 0 Å². The van der Waals surface area contributed by atoms with Gasteiger partial charge in [-0.05, 0) is 13.8 Å². The second-order valence-electron chi connectivity index (χ2n) is 4.53. The normalized spacial score (nSPS) is 34.5. The number of hydrogen-bond acceptors (Lipinski definition) is 7. The van der Waals surface area contributed by atoms with Crippen LogP contribution in [0.4, 0.5) is 0 Å². The first-order valence-corrected chi connectivity index (χ1v) is 5.91. The Morgan fingerprint density at radius 2 is 1.68 bits per heavy atom. The SMILES string of the molecule is CC(=O)O[C@@H]1C[C@@H](OC(C)=O)[C@@](O)(C(C)=O)[C@H](C)O1. The molecule has 7 nitrogen and oxygen atoms in total. The summed E-state index contributed by atoms with van der Waals surface area (Å²) in [6.07, 6.45) is -3.14. The van der Waals surface area contributed by atoms with Crippen molar-refractivity contribution in [3.8, 4) is 0 Å². The molecule has 0 aromatic heterocycles. The molecule has 0 radical (unpaired) electrons. The molecule has 1 heterocycles. The average molecular weight is 274 g/mol. The highest BCUT2D eigenvalue weighted by atomic mass is 16.7. The number of ketones is 1. The standard InChI is InChI=1S/C12H18O7/c1-6(13)12(16)7(2)17-11(19-9(4)15)5-10(12)18-8(3)14/h7,10-11,16H,5H2,1-4H3/t7-,10+,11+,12+/m0/s1. The summed E-state index contributed by atoms with van der Waals surface area (Å²) in [5.41, 5.74) is -1.94. The Kier molecular flexibility index (Phi) is 4.65. The molecule has 4 atom stereocenters. The Balaban J connectivity index is 2.97. The summed E-state index contributed by atoms with van der Waals surface area (Å²) in [5.74, 6) is -1.78. The van der Waals surface area contributed by atoms with E-state index in [-0.39, 0.29) is 6.42 Å². The first-order chi connectivity index (χ1) is 8.67. The first-order valence-electron chi connectivity index (χ1n) is 5.91. The van der Waals surface area contributed by atoms with Crippen LogP contribution in [-0.4, -0.2) is 46.9 Å². The summed E-state index contributed by atoms with van der Waals surface area (Å²) in [6, 6.07) is 0. The molecule has 108 valence electrons. The molecular weight excluding hydrogens is 256 g/mol. The van der Waals surface area contributed by atoms with Gasteiger partial charge in [0.05, 0.1) is 12.5 Å². The maximum Gasteiger partial charge on any atom is 0.304 e. The van der Waals surface area contributed by atoms with Gasteiger partial charge >= 0.3 is 11.9 Å². The van der Waals surface area contributed by atoms with Gasteiger partial charge in [-0.1, -0.05) is 0 Å². The third kappa shape index (κ3) is 3.30. The Morgan fingerprint density at radius 3 is 2.11 bits per heavy atom. The number of esters is 2. The van der Waals surface area contributed by atoms with Crippen LogP contribution in [0.5, 0.6) is 0 Å². The van der Waals surface area contributed by atoms with Gasteiger partial charge in [-0.25, -0.2) is 0 Å². The molecule has 7 heteroatoms. The van der Waals surface area contributed by atoms with Gasteiger partial charge < -0.3 is 19.3 Å². The number of aliphatic hydroxyl groups is 1. The molecule has 0 aromatic carbocycles. The monoisotopic (exact) mass is 274 g/mol. The number of carbonyl (C=O) groups excluding carboxylic acids is 3. The molecule has 0 aliphatic carbocycles. The number of Topliss-reactive ketones (excluding diaryl/α,β-unsaturated/α-hetero) is 1. The smallest absolute Gasteiger partial charge is 0.304 e. The van der Waals surface area contributed by atoms with Crippen molar-refractivity contribution in [3.05, 3.63) is 0 Å². The number of carbonyl (C=O) groups is 3. The van der Waals surface area contributed by atoms with Crippen LogP contribution in [0.15, 0.2) is 0 Å². The van der Waals surface area contributed by atoms with Crippen LogP contribution in [0.25, 0.3) is 0 Å². The zero-order valence-electron chi connectivity index (χ0n) is 11.3. The van der Waals surface area contributed by atoms with Crippen LogP contribution in [0.1, 0.15) is 34.1 Å². The molecule has 0 saturated carbocycles. The highest BCUT2D eigenvalue weighted by Crippen LogP contribution is 2.33. The fourth-order valence-electron chi connectivity index (χ4n) is 2.12. The predicted molar refractivity (Wildman–Crippen MR) is 61.9 cm³/mol. The van der Waals surface area contributed by atoms with Crippen LogP contribution in [0.3, 0.4) is 0 Å². The van der Waals surface area contributed by atoms with Crippen LogP contribution >= 0.6 is 0 Å². The molecule has 0 bridgehead atoms. The Morgan fingerprint density at radius 1 is 1.16 bits per heavy atom. The zero-order valence-corrected chi connectivity index (χ0v) is 11.3. The summed E-state index contributed by atoms with van der Waals surface area (Å²) in [4.78, 5) is 33.6. The minimum atomic E-state index is -1.94. The van der Waals surface area contributed by atoms with Crippen molar-refractivity contribution in [2.24, 2.45) is 0 Å². The van der Waals surface area contributed by atoms with E-state index in [1.54, 1.807) is 0 Å². The van der Waals surface area contributed by atoms with Gasteiger partial charge in [0, 0.05) is 13.8 Å². The Hall–Kier alpha value is -1.47. The molecule has 1 fully saturated rings. The van der Waals surface area contributed by atoms with Crippen molar-refractivity contribution in [2.45, 2.75) is 58.2 Å². The lowest BCUT2D eigenvalue weighted by molar-refractivity contribution is -0.269. The number of rotatable bonds is 3. The molecule has 0 aromatic rings. The predicted octanol–water partition coefficient (Wildman–Crippen LogP) is -0.0638. The van der Waals surface area contributed by atoms with Crippen LogP contribution in [0.2, 0.25) is 0 Å². The number of ether oxygens (including phenoxy) is 3. The molecule has 1 aliphatic rings. The molecule has 0 amide bonds. The minimum Gasteiger partial charge on any atom is -0.459 e. The van der Waals surface area contributed by atoms with Crippen molar-refractivity contribution in [2.75, 3.05) is 0 Å². The van der Waals surface area contributed by atoms with Crippen molar-refractivity contribution >= 4 is 17.7 Å². The van der Waals surface area contributed by atoms with Crippen molar-refractivity contribution in [1.82, 2.24) is 0 Å². The van der Waals surface area contributed by atoms with E-state index in [0.29, 0.717) is 0 Å². The third-order valence-corrected chi connectivity index (χ3v) is 3.04. The molecular formula is C12H18O7. The van der Waals surface area contributed by atoms with E-state index in [4.69, 9.17) is 14.2 Å². The molecule has 1 rings (SSSR count). The largest absolute Gasteiger partial charge is 0.459 e.